The molecule has 1 heterocycles. The first-order valence-electron chi connectivity index (χ1n) is 5.89. The van der Waals surface area contributed by atoms with Gasteiger partial charge >= 0.3 is 11.6 Å². The van der Waals surface area contributed by atoms with Gasteiger partial charge in [0, 0.05) is 12.6 Å². The standard InChI is InChI=1S/C12H10F2N4O3/c1-2-15-11-10(18(19)20)12(17-6-16-11)21-9-5-7(13)3-4-8(9)14/h3-6H,2H2,1H3,(H,15,16,17). The molecule has 0 saturated carbocycles. The highest BCUT2D eigenvalue weighted by atomic mass is 19.1. The number of rotatable bonds is 5. The van der Waals surface area contributed by atoms with E-state index in [2.05, 4.69) is 15.3 Å². The maximum atomic E-state index is 13.5. The molecule has 1 aromatic heterocycles. The number of nitrogens with zero attached hydrogens (tertiary/aromatic N) is 3. The first-order chi connectivity index (χ1) is 10.0. The van der Waals surface area contributed by atoms with Gasteiger partial charge in [0.15, 0.2) is 11.6 Å². The van der Waals surface area contributed by atoms with Crippen molar-refractivity contribution in [1.29, 1.82) is 0 Å². The molecule has 0 aliphatic rings. The van der Waals surface area contributed by atoms with Crippen molar-refractivity contribution in [3.63, 3.8) is 0 Å². The van der Waals surface area contributed by atoms with Crippen molar-refractivity contribution in [3.05, 3.63) is 46.3 Å². The minimum Gasteiger partial charge on any atom is -0.430 e. The SMILES string of the molecule is CCNc1ncnc(Oc2cc(F)ccc2F)c1[N+](=O)[O-]. The minimum atomic E-state index is -0.866. The summed E-state index contributed by atoms with van der Waals surface area (Å²) in [6.45, 7) is 2.10. The van der Waals surface area contributed by atoms with Crippen LogP contribution in [0, 0.1) is 21.7 Å². The quantitative estimate of drug-likeness (QED) is 0.674. The Morgan fingerprint density at radius 3 is 2.81 bits per heavy atom. The Bertz CT molecular complexity index is 682. The van der Waals surface area contributed by atoms with Gasteiger partial charge < -0.3 is 10.1 Å². The fourth-order valence-electron chi connectivity index (χ4n) is 1.56. The molecule has 21 heavy (non-hydrogen) atoms. The van der Waals surface area contributed by atoms with Crippen molar-refractivity contribution >= 4 is 11.5 Å². The van der Waals surface area contributed by atoms with Crippen molar-refractivity contribution in [2.24, 2.45) is 0 Å². The Morgan fingerprint density at radius 2 is 2.14 bits per heavy atom. The van der Waals surface area contributed by atoms with Crippen molar-refractivity contribution in [3.8, 4) is 11.6 Å². The summed E-state index contributed by atoms with van der Waals surface area (Å²) >= 11 is 0. The van der Waals surface area contributed by atoms with Crippen LogP contribution in [0.25, 0.3) is 0 Å². The zero-order valence-corrected chi connectivity index (χ0v) is 10.8. The van der Waals surface area contributed by atoms with Crippen LogP contribution in [0.4, 0.5) is 20.3 Å². The van der Waals surface area contributed by atoms with E-state index in [1.165, 1.54) is 0 Å². The number of halogens is 2. The van der Waals surface area contributed by atoms with Crippen molar-refractivity contribution in [1.82, 2.24) is 9.97 Å². The van der Waals surface area contributed by atoms with Gasteiger partial charge in [0.25, 0.3) is 0 Å². The molecule has 0 saturated heterocycles. The lowest BCUT2D eigenvalue weighted by atomic mass is 10.3. The molecule has 2 aromatic rings. The molecule has 7 nitrogen and oxygen atoms in total. The predicted molar refractivity (Wildman–Crippen MR) is 69.3 cm³/mol. The number of hydrogen-bond acceptors (Lipinski definition) is 6. The zero-order chi connectivity index (χ0) is 15.4. The molecule has 0 fully saturated rings. The Hall–Kier alpha value is -2.84. The van der Waals surface area contributed by atoms with E-state index in [9.17, 15) is 18.9 Å². The minimum absolute atomic E-state index is 0.0655. The van der Waals surface area contributed by atoms with Gasteiger partial charge in [-0.1, -0.05) is 0 Å². The fraction of sp³-hybridized carbons (Fsp3) is 0.167. The predicted octanol–water partition coefficient (Wildman–Crippen LogP) is 2.89. The van der Waals surface area contributed by atoms with E-state index in [0.717, 1.165) is 24.5 Å². The molecule has 0 amide bonds. The third-order valence-electron chi connectivity index (χ3n) is 2.42. The second kappa shape index (κ2) is 6.07. The molecule has 0 aliphatic heterocycles. The van der Waals surface area contributed by atoms with Gasteiger partial charge in [-0.05, 0) is 19.1 Å². The first-order valence-corrected chi connectivity index (χ1v) is 5.89. The second-order valence-electron chi connectivity index (χ2n) is 3.84. The second-order valence-corrected chi connectivity index (χ2v) is 3.84. The van der Waals surface area contributed by atoms with Gasteiger partial charge in [-0.25, -0.2) is 13.8 Å². The van der Waals surface area contributed by atoms with Gasteiger partial charge in [-0.15, -0.1) is 0 Å². The summed E-state index contributed by atoms with van der Waals surface area (Å²) in [7, 11) is 0. The number of benzene rings is 1. The summed E-state index contributed by atoms with van der Waals surface area (Å²) in [5, 5.41) is 13.8. The largest absolute Gasteiger partial charge is 0.430 e. The number of anilines is 1. The van der Waals surface area contributed by atoms with E-state index in [1.807, 2.05) is 0 Å². The molecule has 0 unspecified atom stereocenters. The smallest absolute Gasteiger partial charge is 0.373 e. The Kier molecular flexibility index (Phi) is 4.21. The van der Waals surface area contributed by atoms with Crippen LogP contribution in [0.15, 0.2) is 24.5 Å². The zero-order valence-electron chi connectivity index (χ0n) is 10.8. The van der Waals surface area contributed by atoms with E-state index in [-0.39, 0.29) is 5.82 Å². The number of ether oxygens (including phenoxy) is 1. The summed E-state index contributed by atoms with van der Waals surface area (Å²) in [5.41, 5.74) is -0.553. The third-order valence-corrected chi connectivity index (χ3v) is 2.42. The summed E-state index contributed by atoms with van der Waals surface area (Å²) in [4.78, 5) is 17.7. The number of hydrogen-bond donors (Lipinski definition) is 1. The van der Waals surface area contributed by atoms with Crippen LogP contribution in [-0.4, -0.2) is 21.4 Å². The third kappa shape index (κ3) is 3.19. The number of aromatic nitrogens is 2. The molecule has 1 N–H and O–H groups in total. The average molecular weight is 296 g/mol. The lowest BCUT2D eigenvalue weighted by Gasteiger charge is -2.08. The molecule has 0 bridgehead atoms. The molecule has 1 aromatic carbocycles. The van der Waals surface area contributed by atoms with E-state index < -0.39 is 33.9 Å². The van der Waals surface area contributed by atoms with Crippen LogP contribution in [0.5, 0.6) is 11.6 Å². The molecule has 0 aliphatic carbocycles. The highest BCUT2D eigenvalue weighted by molar-refractivity contribution is 5.61. The van der Waals surface area contributed by atoms with E-state index in [1.54, 1.807) is 6.92 Å². The maximum absolute atomic E-state index is 13.5. The van der Waals surface area contributed by atoms with E-state index in [0.29, 0.717) is 6.54 Å². The monoisotopic (exact) mass is 296 g/mol. The fourth-order valence-corrected chi connectivity index (χ4v) is 1.56. The van der Waals surface area contributed by atoms with Crippen molar-refractivity contribution in [2.75, 3.05) is 11.9 Å². The Labute approximate surface area is 117 Å². The van der Waals surface area contributed by atoms with Gasteiger partial charge in [0.1, 0.15) is 12.1 Å². The van der Waals surface area contributed by atoms with Crippen LogP contribution < -0.4 is 10.1 Å². The van der Waals surface area contributed by atoms with Gasteiger partial charge in [0.2, 0.25) is 5.82 Å². The summed E-state index contributed by atoms with van der Waals surface area (Å²) < 4.78 is 31.6. The highest BCUT2D eigenvalue weighted by Crippen LogP contribution is 2.34. The molecule has 0 spiro atoms. The Morgan fingerprint density at radius 1 is 1.38 bits per heavy atom. The summed E-state index contributed by atoms with van der Waals surface area (Å²) in [6, 6.07) is 2.53. The normalized spacial score (nSPS) is 10.2. The van der Waals surface area contributed by atoms with Gasteiger partial charge in [0.05, 0.1) is 4.92 Å². The molecule has 2 rings (SSSR count). The van der Waals surface area contributed by atoms with E-state index in [4.69, 9.17) is 4.74 Å². The van der Waals surface area contributed by atoms with Crippen LogP contribution in [0.1, 0.15) is 6.92 Å². The molecular weight excluding hydrogens is 286 g/mol. The Balaban J connectivity index is 2.46. The maximum Gasteiger partial charge on any atom is 0.373 e. The lowest BCUT2D eigenvalue weighted by Crippen LogP contribution is -2.06. The molecule has 0 radical (unpaired) electrons. The summed E-state index contributed by atoms with van der Waals surface area (Å²) in [5.74, 6) is -2.65. The average Bonchev–Trinajstić information content (AvgIpc) is 2.43. The number of nitro groups is 1. The van der Waals surface area contributed by atoms with Crippen LogP contribution in [-0.2, 0) is 0 Å². The van der Waals surface area contributed by atoms with Crippen LogP contribution >= 0.6 is 0 Å². The van der Waals surface area contributed by atoms with Crippen molar-refractivity contribution < 1.29 is 18.4 Å². The van der Waals surface area contributed by atoms with Gasteiger partial charge in [-0.3, -0.25) is 10.1 Å². The molecule has 110 valence electrons. The lowest BCUT2D eigenvalue weighted by molar-refractivity contribution is -0.385. The molecule has 0 atom stereocenters. The highest BCUT2D eigenvalue weighted by Gasteiger charge is 2.25. The van der Waals surface area contributed by atoms with Crippen LogP contribution in [0.2, 0.25) is 0 Å². The van der Waals surface area contributed by atoms with Gasteiger partial charge in [-0.2, -0.15) is 4.98 Å². The molecule has 9 heteroatoms. The van der Waals surface area contributed by atoms with Crippen molar-refractivity contribution in [2.45, 2.75) is 6.92 Å². The first kappa shape index (κ1) is 14.6. The molecular formula is C12H10F2N4O3. The number of nitrogens with one attached hydrogen (secondary N) is 1. The summed E-state index contributed by atoms with van der Waals surface area (Å²) in [6.07, 6.45) is 1.03. The van der Waals surface area contributed by atoms with E-state index >= 15 is 0 Å². The topological polar surface area (TPSA) is 90.2 Å². The van der Waals surface area contributed by atoms with Crippen LogP contribution in [0.3, 0.4) is 0 Å².